The minimum atomic E-state index is -0.591. The smallest absolute Gasteiger partial charge is 0.275 e. The molecule has 2 atom stereocenters. The first kappa shape index (κ1) is 21.4. The molecule has 4 rings (SSSR count). The van der Waals surface area contributed by atoms with Crippen LogP contribution in [-0.2, 0) is 0 Å². The maximum Gasteiger partial charge on any atom is 0.275 e. The molecule has 1 aliphatic carbocycles. The first-order valence-corrected chi connectivity index (χ1v) is 11.0. The van der Waals surface area contributed by atoms with Crippen LogP contribution in [0.3, 0.4) is 0 Å². The number of carbonyl (C=O) groups excluding carboxylic acids is 1. The number of aromatic hydroxyl groups is 1. The SMILES string of the molecule is CC1(C)C[C@H](N)C[C@H](c2ccncc2NC(=O)c2csc(-c3ccc(O)cc3F)n2)C1. The number of phenols is 1. The van der Waals surface area contributed by atoms with Crippen molar-refractivity contribution in [3.05, 3.63) is 59.1 Å². The number of rotatable bonds is 4. The molecule has 0 aliphatic heterocycles. The van der Waals surface area contributed by atoms with Crippen molar-refractivity contribution in [2.45, 2.75) is 45.1 Å². The second-order valence-corrected chi connectivity index (χ2v) is 9.74. The van der Waals surface area contributed by atoms with Gasteiger partial charge in [-0.05, 0) is 54.4 Å². The summed E-state index contributed by atoms with van der Waals surface area (Å²) >= 11 is 1.17. The fourth-order valence-electron chi connectivity index (χ4n) is 4.46. The van der Waals surface area contributed by atoms with Crippen LogP contribution in [0.4, 0.5) is 10.1 Å². The number of benzene rings is 1. The quantitative estimate of drug-likeness (QED) is 0.534. The van der Waals surface area contributed by atoms with E-state index in [9.17, 15) is 14.3 Å². The second kappa shape index (κ2) is 8.36. The van der Waals surface area contributed by atoms with Gasteiger partial charge in [0.15, 0.2) is 0 Å². The highest BCUT2D eigenvalue weighted by atomic mass is 32.1. The molecule has 2 heterocycles. The van der Waals surface area contributed by atoms with E-state index in [0.717, 1.165) is 30.9 Å². The summed E-state index contributed by atoms with van der Waals surface area (Å²) in [5.41, 5.74) is 8.53. The van der Waals surface area contributed by atoms with Gasteiger partial charge in [0.2, 0.25) is 0 Å². The molecule has 8 heteroatoms. The second-order valence-electron chi connectivity index (χ2n) is 8.88. The van der Waals surface area contributed by atoms with E-state index in [0.29, 0.717) is 10.7 Å². The van der Waals surface area contributed by atoms with E-state index in [1.165, 1.54) is 23.5 Å². The molecule has 1 fully saturated rings. The van der Waals surface area contributed by atoms with Gasteiger partial charge >= 0.3 is 0 Å². The zero-order valence-corrected chi connectivity index (χ0v) is 18.2. The van der Waals surface area contributed by atoms with Gasteiger partial charge < -0.3 is 16.2 Å². The topological polar surface area (TPSA) is 101 Å². The number of pyridine rings is 1. The number of nitrogens with two attached hydrogens (primary N) is 1. The van der Waals surface area contributed by atoms with Gasteiger partial charge in [0.25, 0.3) is 5.91 Å². The Hall–Kier alpha value is -2.84. The monoisotopic (exact) mass is 440 g/mol. The van der Waals surface area contributed by atoms with E-state index in [1.54, 1.807) is 17.8 Å². The van der Waals surface area contributed by atoms with Crippen molar-refractivity contribution in [2.75, 3.05) is 5.32 Å². The van der Waals surface area contributed by atoms with E-state index in [4.69, 9.17) is 5.73 Å². The van der Waals surface area contributed by atoms with Crippen molar-refractivity contribution in [3.63, 3.8) is 0 Å². The van der Waals surface area contributed by atoms with Crippen LogP contribution < -0.4 is 11.1 Å². The molecule has 0 spiro atoms. The van der Waals surface area contributed by atoms with Crippen LogP contribution in [0.15, 0.2) is 42.0 Å². The molecule has 1 aliphatic rings. The van der Waals surface area contributed by atoms with Gasteiger partial charge in [-0.1, -0.05) is 13.8 Å². The average Bonchev–Trinajstić information content (AvgIpc) is 3.17. The van der Waals surface area contributed by atoms with Crippen molar-refractivity contribution in [1.29, 1.82) is 0 Å². The fourth-order valence-corrected chi connectivity index (χ4v) is 5.29. The Bertz CT molecular complexity index is 1110. The molecule has 1 aromatic carbocycles. The molecule has 2 aromatic heterocycles. The molecule has 6 nitrogen and oxygen atoms in total. The number of hydrogen-bond donors (Lipinski definition) is 3. The van der Waals surface area contributed by atoms with Crippen molar-refractivity contribution >= 4 is 22.9 Å². The van der Waals surface area contributed by atoms with E-state index in [-0.39, 0.29) is 40.3 Å². The predicted molar refractivity (Wildman–Crippen MR) is 120 cm³/mol. The van der Waals surface area contributed by atoms with Gasteiger partial charge in [-0.3, -0.25) is 9.78 Å². The van der Waals surface area contributed by atoms with Gasteiger partial charge in [0.05, 0.1) is 11.9 Å². The van der Waals surface area contributed by atoms with Crippen LogP contribution in [-0.4, -0.2) is 27.0 Å². The third-order valence-corrected chi connectivity index (χ3v) is 6.54. The zero-order valence-electron chi connectivity index (χ0n) is 17.4. The number of hydrogen-bond acceptors (Lipinski definition) is 6. The molecule has 0 unspecified atom stereocenters. The van der Waals surface area contributed by atoms with E-state index in [2.05, 4.69) is 29.1 Å². The number of nitrogens with zero attached hydrogens (tertiary/aromatic N) is 2. The van der Waals surface area contributed by atoms with Gasteiger partial charge in [0.1, 0.15) is 22.3 Å². The summed E-state index contributed by atoms with van der Waals surface area (Å²) in [4.78, 5) is 21.3. The standard InChI is InChI=1S/C23H25FN4O2S/c1-23(2)9-13(7-14(25)10-23)16-5-6-26-11-19(16)27-21(30)20-12-31-22(28-20)17-4-3-15(29)8-18(17)24/h3-6,8,11-14,29H,7,9-10,25H2,1-2H3,(H,27,30)/t13-,14+/m0/s1. The number of anilines is 1. The highest BCUT2D eigenvalue weighted by Gasteiger charge is 2.34. The molecular formula is C23H25FN4O2S. The van der Waals surface area contributed by atoms with E-state index >= 15 is 0 Å². The lowest BCUT2D eigenvalue weighted by Gasteiger charge is -2.39. The molecule has 162 valence electrons. The van der Waals surface area contributed by atoms with Crippen LogP contribution in [0.5, 0.6) is 5.75 Å². The lowest BCUT2D eigenvalue weighted by molar-refractivity contribution is 0.102. The minimum Gasteiger partial charge on any atom is -0.508 e. The molecule has 0 saturated heterocycles. The van der Waals surface area contributed by atoms with Crippen LogP contribution in [0.25, 0.3) is 10.6 Å². The first-order chi connectivity index (χ1) is 14.7. The molecule has 1 saturated carbocycles. The first-order valence-electron chi connectivity index (χ1n) is 10.2. The Kier molecular flexibility index (Phi) is 5.77. The number of halogens is 1. The number of thiazole rings is 1. The lowest BCUT2D eigenvalue weighted by Crippen LogP contribution is -2.36. The summed E-state index contributed by atoms with van der Waals surface area (Å²) < 4.78 is 14.1. The Balaban J connectivity index is 1.56. The molecule has 31 heavy (non-hydrogen) atoms. The minimum absolute atomic E-state index is 0.117. The molecule has 1 amide bonds. The van der Waals surface area contributed by atoms with Crippen LogP contribution >= 0.6 is 11.3 Å². The molecule has 3 aromatic rings. The van der Waals surface area contributed by atoms with Crippen LogP contribution in [0.2, 0.25) is 0 Å². The summed E-state index contributed by atoms with van der Waals surface area (Å²) in [6, 6.07) is 5.91. The number of aromatic nitrogens is 2. The van der Waals surface area contributed by atoms with Gasteiger partial charge in [-0.25, -0.2) is 9.37 Å². The van der Waals surface area contributed by atoms with Crippen molar-refractivity contribution in [2.24, 2.45) is 11.1 Å². The molecular weight excluding hydrogens is 415 g/mol. The summed E-state index contributed by atoms with van der Waals surface area (Å²) in [5.74, 6) is -0.901. The largest absolute Gasteiger partial charge is 0.508 e. The summed E-state index contributed by atoms with van der Waals surface area (Å²) in [5, 5.41) is 14.3. The zero-order chi connectivity index (χ0) is 22.2. The highest BCUT2D eigenvalue weighted by Crippen LogP contribution is 2.44. The number of amides is 1. The maximum atomic E-state index is 14.1. The Labute approximate surface area is 184 Å². The maximum absolute atomic E-state index is 14.1. The molecule has 4 N–H and O–H groups in total. The fraction of sp³-hybridized carbons (Fsp3) is 0.348. The number of carbonyl (C=O) groups is 1. The summed E-state index contributed by atoms with van der Waals surface area (Å²) in [6.45, 7) is 4.44. The van der Waals surface area contributed by atoms with E-state index < -0.39 is 5.82 Å². The van der Waals surface area contributed by atoms with Crippen LogP contribution in [0, 0.1) is 11.2 Å². The number of phenolic OH excluding ortho intramolecular Hbond substituents is 1. The summed E-state index contributed by atoms with van der Waals surface area (Å²) in [6.07, 6.45) is 6.19. The highest BCUT2D eigenvalue weighted by molar-refractivity contribution is 7.13. The average molecular weight is 441 g/mol. The predicted octanol–water partition coefficient (Wildman–Crippen LogP) is 4.92. The van der Waals surface area contributed by atoms with Crippen molar-refractivity contribution < 1.29 is 14.3 Å². The summed E-state index contributed by atoms with van der Waals surface area (Å²) in [7, 11) is 0. The Morgan fingerprint density at radius 1 is 1.32 bits per heavy atom. The lowest BCUT2D eigenvalue weighted by atomic mass is 9.68. The Morgan fingerprint density at radius 3 is 2.87 bits per heavy atom. The normalized spacial score (nSPS) is 20.4. The van der Waals surface area contributed by atoms with Gasteiger partial charge in [-0.15, -0.1) is 11.3 Å². The molecule has 0 bridgehead atoms. The number of nitrogens with one attached hydrogen (secondary N) is 1. The van der Waals surface area contributed by atoms with Gasteiger partial charge in [-0.2, -0.15) is 0 Å². The van der Waals surface area contributed by atoms with E-state index in [1.807, 2.05) is 6.07 Å². The molecule has 0 radical (unpaired) electrons. The Morgan fingerprint density at radius 2 is 2.13 bits per heavy atom. The van der Waals surface area contributed by atoms with Crippen LogP contribution in [0.1, 0.15) is 55.1 Å². The van der Waals surface area contributed by atoms with Gasteiger partial charge in [0, 0.05) is 29.2 Å². The third-order valence-electron chi connectivity index (χ3n) is 5.66. The van der Waals surface area contributed by atoms with Crippen molar-refractivity contribution in [1.82, 2.24) is 9.97 Å². The van der Waals surface area contributed by atoms with Crippen molar-refractivity contribution in [3.8, 4) is 16.3 Å². The third kappa shape index (κ3) is 4.75.